The van der Waals surface area contributed by atoms with Crippen LogP contribution in [-0.4, -0.2) is 12.5 Å². The molecular formula is C3H7LiS2. The van der Waals surface area contributed by atoms with Crippen molar-refractivity contribution in [3.05, 3.63) is 5.08 Å². The molecule has 0 spiro atoms. The zero-order valence-corrected chi connectivity index (χ0v) is 6.03. The second-order valence-corrected chi connectivity index (χ2v) is 2.28. The van der Waals surface area contributed by atoms with E-state index in [1.807, 2.05) is 0 Å². The van der Waals surface area contributed by atoms with E-state index < -0.39 is 0 Å². The molecule has 0 unspecified atom stereocenters. The molecule has 0 bridgehead atoms. The van der Waals surface area contributed by atoms with Crippen LogP contribution < -0.4 is 18.9 Å². The molecule has 0 saturated carbocycles. The molecule has 0 aromatic rings. The maximum absolute atomic E-state index is 2.08. The van der Waals surface area contributed by atoms with Crippen molar-refractivity contribution in [3.8, 4) is 0 Å². The Labute approximate surface area is 60.0 Å². The van der Waals surface area contributed by atoms with E-state index in [0.717, 1.165) is 0 Å². The van der Waals surface area contributed by atoms with Crippen LogP contribution in [0, 0.1) is 5.08 Å². The Hall–Kier alpha value is 1.30. The molecule has 0 heterocycles. The predicted molar refractivity (Wildman–Crippen MR) is 31.3 cm³/mol. The third-order valence-electron chi connectivity index (χ3n) is 0.192. The fourth-order valence-electron chi connectivity index (χ4n) is 0.0962. The van der Waals surface area contributed by atoms with Gasteiger partial charge < -0.3 is 23.5 Å². The number of thioether (sulfide) groups is 2. The standard InChI is InChI=1S/C3H7S2.Li/c1-4-3-5-2;/h3H,1-2H3;/q-1;+1. The first-order valence-corrected chi connectivity index (χ1v) is 3.86. The van der Waals surface area contributed by atoms with Crippen molar-refractivity contribution < 1.29 is 18.9 Å². The van der Waals surface area contributed by atoms with Gasteiger partial charge in [0, 0.05) is 0 Å². The van der Waals surface area contributed by atoms with Crippen molar-refractivity contribution in [2.24, 2.45) is 0 Å². The molecule has 0 amide bonds. The van der Waals surface area contributed by atoms with Gasteiger partial charge in [0.2, 0.25) is 0 Å². The van der Waals surface area contributed by atoms with Gasteiger partial charge in [-0.25, -0.2) is 5.08 Å². The van der Waals surface area contributed by atoms with E-state index in [1.165, 1.54) is 0 Å². The molecule has 0 aromatic heterocycles. The Morgan fingerprint density at radius 1 is 1.17 bits per heavy atom. The summed E-state index contributed by atoms with van der Waals surface area (Å²) in [6.45, 7) is 0. The van der Waals surface area contributed by atoms with Crippen molar-refractivity contribution in [1.29, 1.82) is 0 Å². The van der Waals surface area contributed by atoms with Gasteiger partial charge in [0.15, 0.2) is 0 Å². The molecule has 0 fully saturated rings. The summed E-state index contributed by atoms with van der Waals surface area (Å²) in [5.41, 5.74) is 0. The van der Waals surface area contributed by atoms with Crippen LogP contribution in [0.2, 0.25) is 0 Å². The van der Waals surface area contributed by atoms with Crippen LogP contribution in [0.25, 0.3) is 0 Å². The van der Waals surface area contributed by atoms with E-state index in [-0.39, 0.29) is 18.9 Å². The normalized spacial score (nSPS) is 7.00. The first kappa shape index (κ1) is 10.3. The topological polar surface area (TPSA) is 0 Å². The molecule has 0 radical (unpaired) electrons. The molecule has 0 atom stereocenters. The first-order valence-electron chi connectivity index (χ1n) is 1.29. The number of hydrogen-bond acceptors (Lipinski definition) is 2. The smallest absolute Gasteiger partial charge is 0.344 e. The van der Waals surface area contributed by atoms with Gasteiger partial charge in [0.1, 0.15) is 0 Å². The van der Waals surface area contributed by atoms with Gasteiger partial charge in [0.25, 0.3) is 0 Å². The van der Waals surface area contributed by atoms with Gasteiger partial charge in [-0.05, 0) is 12.5 Å². The molecule has 32 valence electrons. The van der Waals surface area contributed by atoms with Crippen molar-refractivity contribution in [1.82, 2.24) is 0 Å². The van der Waals surface area contributed by atoms with Crippen LogP contribution in [0.5, 0.6) is 0 Å². The summed E-state index contributed by atoms with van der Waals surface area (Å²) in [6.07, 6.45) is 4.10. The second-order valence-electron chi connectivity index (χ2n) is 0.568. The largest absolute Gasteiger partial charge is 1.00 e. The fourth-order valence-corrected chi connectivity index (χ4v) is 0.866. The fraction of sp³-hybridized carbons (Fsp3) is 0.667. The van der Waals surface area contributed by atoms with E-state index in [4.69, 9.17) is 0 Å². The first-order chi connectivity index (χ1) is 2.41. The Kier molecular flexibility index (Phi) is 16.4. The molecular weight excluding hydrogens is 107 g/mol. The summed E-state index contributed by atoms with van der Waals surface area (Å²) in [4.78, 5) is 0. The minimum Gasteiger partial charge on any atom is -0.344 e. The zero-order chi connectivity index (χ0) is 4.12. The van der Waals surface area contributed by atoms with E-state index in [1.54, 1.807) is 23.5 Å². The summed E-state index contributed by atoms with van der Waals surface area (Å²) < 4.78 is 0. The van der Waals surface area contributed by atoms with Crippen LogP contribution in [-0.2, 0) is 0 Å². The molecule has 3 heteroatoms. The summed E-state index contributed by atoms with van der Waals surface area (Å²) >= 11 is 3.48. The minimum absolute atomic E-state index is 0. The summed E-state index contributed by atoms with van der Waals surface area (Å²) in [7, 11) is 0. The Morgan fingerprint density at radius 3 is 1.50 bits per heavy atom. The van der Waals surface area contributed by atoms with Crippen LogP contribution in [0.15, 0.2) is 0 Å². The predicted octanol–water partition coefficient (Wildman–Crippen LogP) is -1.16. The van der Waals surface area contributed by atoms with Gasteiger partial charge in [-0.15, -0.1) is 0 Å². The van der Waals surface area contributed by atoms with Gasteiger partial charge in [-0.1, -0.05) is 0 Å². The van der Waals surface area contributed by atoms with Crippen molar-refractivity contribution in [2.75, 3.05) is 12.5 Å². The zero-order valence-electron chi connectivity index (χ0n) is 4.39. The summed E-state index contributed by atoms with van der Waals surface area (Å²) in [6, 6.07) is 0. The van der Waals surface area contributed by atoms with E-state index in [9.17, 15) is 0 Å². The third kappa shape index (κ3) is 9.00. The summed E-state index contributed by atoms with van der Waals surface area (Å²) in [5.74, 6) is 0. The summed E-state index contributed by atoms with van der Waals surface area (Å²) in [5, 5.41) is 2.08. The van der Waals surface area contributed by atoms with Crippen molar-refractivity contribution in [3.63, 3.8) is 0 Å². The minimum atomic E-state index is 0. The molecule has 0 aliphatic carbocycles. The SMILES string of the molecule is CS[CH-]SC.[Li+]. The van der Waals surface area contributed by atoms with Crippen molar-refractivity contribution >= 4 is 23.5 Å². The van der Waals surface area contributed by atoms with Gasteiger partial charge in [-0.2, -0.15) is 0 Å². The maximum atomic E-state index is 2.08. The van der Waals surface area contributed by atoms with Crippen LogP contribution in [0.1, 0.15) is 0 Å². The van der Waals surface area contributed by atoms with Gasteiger partial charge >= 0.3 is 18.9 Å². The van der Waals surface area contributed by atoms with Gasteiger partial charge in [0.05, 0.1) is 0 Å². The number of rotatable bonds is 2. The quantitative estimate of drug-likeness (QED) is 0.328. The van der Waals surface area contributed by atoms with Crippen LogP contribution in [0.3, 0.4) is 0 Å². The second kappa shape index (κ2) is 9.57. The average molecular weight is 114 g/mol. The third-order valence-corrected chi connectivity index (χ3v) is 1.73. The molecule has 0 saturated heterocycles. The number of hydrogen-bond donors (Lipinski definition) is 0. The molecule has 0 aliphatic rings. The van der Waals surface area contributed by atoms with E-state index >= 15 is 0 Å². The molecule has 0 rings (SSSR count). The Morgan fingerprint density at radius 2 is 1.50 bits per heavy atom. The van der Waals surface area contributed by atoms with E-state index in [2.05, 4.69) is 17.6 Å². The Bertz CT molecular complexity index is 16.3. The van der Waals surface area contributed by atoms with E-state index in [0.29, 0.717) is 0 Å². The molecule has 6 heavy (non-hydrogen) atoms. The van der Waals surface area contributed by atoms with Crippen LogP contribution >= 0.6 is 23.5 Å². The molecule has 0 aromatic carbocycles. The average Bonchev–Trinajstić information content (AvgIpc) is 1.41. The maximum Gasteiger partial charge on any atom is 1.00 e. The van der Waals surface area contributed by atoms with Gasteiger partial charge in [-0.3, -0.25) is 0 Å². The van der Waals surface area contributed by atoms with Crippen LogP contribution in [0.4, 0.5) is 0 Å². The molecule has 0 aliphatic heterocycles. The molecule has 0 nitrogen and oxygen atoms in total. The van der Waals surface area contributed by atoms with Crippen molar-refractivity contribution in [2.45, 2.75) is 0 Å². The molecule has 0 N–H and O–H groups in total. The monoisotopic (exact) mass is 114 g/mol. The Balaban J connectivity index is 0.